The lowest BCUT2D eigenvalue weighted by Gasteiger charge is -2.45. The van der Waals surface area contributed by atoms with E-state index in [2.05, 4.69) is 5.32 Å². The van der Waals surface area contributed by atoms with Crippen molar-refractivity contribution >= 4 is 11.7 Å². The van der Waals surface area contributed by atoms with Gasteiger partial charge in [-0.1, -0.05) is 20.8 Å². The molecule has 0 bridgehead atoms. The molecule has 0 saturated carbocycles. The second kappa shape index (κ2) is 3.51. The van der Waals surface area contributed by atoms with Crippen molar-refractivity contribution in [2.24, 2.45) is 5.41 Å². The zero-order valence-electron chi connectivity index (χ0n) is 10.3. The average Bonchev–Trinajstić information content (AvgIpc) is 2.07. The average molecular weight is 211 g/mol. The van der Waals surface area contributed by atoms with Crippen LogP contribution in [0, 0.1) is 10.8 Å². The monoisotopic (exact) mass is 211 g/mol. The fraction of sp³-hybridized carbons (Fsp3) is 0.818. The minimum atomic E-state index is -0.609. The smallest absolute Gasteiger partial charge is 0.245 e. The Hall–Kier alpha value is -1.06. The first-order chi connectivity index (χ1) is 6.67. The minimum Gasteiger partial charge on any atom is -0.352 e. The van der Waals surface area contributed by atoms with E-state index in [4.69, 9.17) is 5.41 Å². The Kier molecular flexibility index (Phi) is 2.81. The topological polar surface area (TPSA) is 56.2 Å². The molecule has 2 N–H and O–H groups in total. The number of amidine groups is 1. The first kappa shape index (κ1) is 12.0. The van der Waals surface area contributed by atoms with Crippen LogP contribution < -0.4 is 5.32 Å². The summed E-state index contributed by atoms with van der Waals surface area (Å²) < 4.78 is 0. The van der Waals surface area contributed by atoms with E-state index in [0.717, 1.165) is 6.54 Å². The number of carbonyl (C=O) groups excluding carboxylic acids is 1. The van der Waals surface area contributed by atoms with Crippen LogP contribution in [0.3, 0.4) is 0 Å². The van der Waals surface area contributed by atoms with Crippen molar-refractivity contribution in [1.29, 1.82) is 5.41 Å². The van der Waals surface area contributed by atoms with Crippen LogP contribution in [0.2, 0.25) is 0 Å². The molecule has 4 heteroatoms. The number of rotatable bonds is 0. The Labute approximate surface area is 91.5 Å². The van der Waals surface area contributed by atoms with Gasteiger partial charge in [0.05, 0.1) is 0 Å². The molecular formula is C11H21N3O. The molecule has 1 amide bonds. The van der Waals surface area contributed by atoms with E-state index in [1.807, 2.05) is 39.5 Å². The predicted molar refractivity (Wildman–Crippen MR) is 61.0 cm³/mol. The van der Waals surface area contributed by atoms with Crippen LogP contribution in [0.1, 0.15) is 34.6 Å². The van der Waals surface area contributed by atoms with E-state index < -0.39 is 5.54 Å². The second-order valence-electron chi connectivity index (χ2n) is 5.57. The molecule has 1 heterocycles. The molecule has 1 aliphatic rings. The Bertz CT molecular complexity index is 289. The van der Waals surface area contributed by atoms with Crippen molar-refractivity contribution in [1.82, 2.24) is 10.2 Å². The molecule has 0 aliphatic carbocycles. The molecule has 1 fully saturated rings. The summed E-state index contributed by atoms with van der Waals surface area (Å²) in [7, 11) is 0. The molecule has 1 aliphatic heterocycles. The van der Waals surface area contributed by atoms with Gasteiger partial charge in [0.15, 0.2) is 0 Å². The number of hydrogen-bond donors (Lipinski definition) is 2. The SMILES string of the molecule is CC(C)(C)C(=N)N1CCNC(=O)C1(C)C. The largest absolute Gasteiger partial charge is 0.352 e. The molecule has 1 saturated heterocycles. The molecule has 0 atom stereocenters. The van der Waals surface area contributed by atoms with Crippen LogP contribution in [-0.2, 0) is 4.79 Å². The fourth-order valence-corrected chi connectivity index (χ4v) is 1.70. The highest BCUT2D eigenvalue weighted by molar-refractivity contribution is 5.94. The number of hydrogen-bond acceptors (Lipinski definition) is 2. The first-order valence-electron chi connectivity index (χ1n) is 5.32. The van der Waals surface area contributed by atoms with Gasteiger partial charge in [-0.25, -0.2) is 0 Å². The third kappa shape index (κ3) is 2.13. The van der Waals surface area contributed by atoms with Gasteiger partial charge in [0, 0.05) is 18.5 Å². The number of carbonyl (C=O) groups is 1. The third-order valence-electron chi connectivity index (χ3n) is 2.83. The van der Waals surface area contributed by atoms with Gasteiger partial charge in [0.25, 0.3) is 0 Å². The Balaban J connectivity index is 2.95. The van der Waals surface area contributed by atoms with E-state index in [1.165, 1.54) is 0 Å². The highest BCUT2D eigenvalue weighted by Gasteiger charge is 2.41. The van der Waals surface area contributed by atoms with Crippen LogP contribution >= 0.6 is 0 Å². The maximum absolute atomic E-state index is 11.7. The van der Waals surface area contributed by atoms with Crippen molar-refractivity contribution in [3.63, 3.8) is 0 Å². The van der Waals surface area contributed by atoms with Crippen LogP contribution in [0.5, 0.6) is 0 Å². The van der Waals surface area contributed by atoms with E-state index in [9.17, 15) is 4.79 Å². The van der Waals surface area contributed by atoms with E-state index in [0.29, 0.717) is 12.4 Å². The molecule has 86 valence electrons. The molecule has 1 rings (SSSR count). The zero-order chi connectivity index (χ0) is 11.9. The van der Waals surface area contributed by atoms with Gasteiger partial charge in [-0.15, -0.1) is 0 Å². The normalized spacial score (nSPS) is 21.1. The number of nitrogens with zero attached hydrogens (tertiary/aromatic N) is 1. The summed E-state index contributed by atoms with van der Waals surface area (Å²) >= 11 is 0. The predicted octanol–water partition coefficient (Wildman–Crippen LogP) is 1.22. The lowest BCUT2D eigenvalue weighted by atomic mass is 9.89. The molecule has 0 unspecified atom stereocenters. The van der Waals surface area contributed by atoms with Gasteiger partial charge in [0.2, 0.25) is 5.91 Å². The highest BCUT2D eigenvalue weighted by Crippen LogP contribution is 2.25. The summed E-state index contributed by atoms with van der Waals surface area (Å²) in [4.78, 5) is 13.6. The molecule has 0 spiro atoms. The molecule has 0 aromatic heterocycles. The van der Waals surface area contributed by atoms with Crippen molar-refractivity contribution in [2.75, 3.05) is 13.1 Å². The van der Waals surface area contributed by atoms with E-state index >= 15 is 0 Å². The highest BCUT2D eigenvalue weighted by atomic mass is 16.2. The maximum atomic E-state index is 11.7. The lowest BCUT2D eigenvalue weighted by Crippen LogP contribution is -2.64. The van der Waals surface area contributed by atoms with Crippen LogP contribution in [0.4, 0.5) is 0 Å². The summed E-state index contributed by atoms with van der Waals surface area (Å²) in [5, 5.41) is 11.0. The Morgan fingerprint density at radius 1 is 1.47 bits per heavy atom. The summed E-state index contributed by atoms with van der Waals surface area (Å²) in [6.07, 6.45) is 0. The summed E-state index contributed by atoms with van der Waals surface area (Å²) in [6, 6.07) is 0. The van der Waals surface area contributed by atoms with Crippen molar-refractivity contribution in [3.05, 3.63) is 0 Å². The number of amides is 1. The van der Waals surface area contributed by atoms with Crippen molar-refractivity contribution < 1.29 is 4.79 Å². The van der Waals surface area contributed by atoms with Gasteiger partial charge in [0.1, 0.15) is 11.4 Å². The fourth-order valence-electron chi connectivity index (χ4n) is 1.70. The van der Waals surface area contributed by atoms with Crippen LogP contribution in [0.15, 0.2) is 0 Å². The van der Waals surface area contributed by atoms with Gasteiger partial charge in [-0.3, -0.25) is 10.2 Å². The Morgan fingerprint density at radius 2 is 2.00 bits per heavy atom. The van der Waals surface area contributed by atoms with E-state index in [-0.39, 0.29) is 11.3 Å². The van der Waals surface area contributed by atoms with Crippen molar-refractivity contribution in [2.45, 2.75) is 40.2 Å². The molecule has 4 nitrogen and oxygen atoms in total. The lowest BCUT2D eigenvalue weighted by molar-refractivity contribution is -0.132. The number of piperazine rings is 1. The zero-order valence-corrected chi connectivity index (χ0v) is 10.3. The van der Waals surface area contributed by atoms with Crippen LogP contribution in [0.25, 0.3) is 0 Å². The van der Waals surface area contributed by atoms with Gasteiger partial charge >= 0.3 is 0 Å². The Morgan fingerprint density at radius 3 is 2.47 bits per heavy atom. The second-order valence-corrected chi connectivity index (χ2v) is 5.57. The summed E-state index contributed by atoms with van der Waals surface area (Å²) in [6.45, 7) is 11.1. The minimum absolute atomic E-state index is 0.00255. The first-order valence-corrected chi connectivity index (χ1v) is 5.32. The van der Waals surface area contributed by atoms with E-state index in [1.54, 1.807) is 0 Å². The molecule has 15 heavy (non-hydrogen) atoms. The summed E-state index contributed by atoms with van der Waals surface area (Å²) in [5.41, 5.74) is -0.822. The molecular weight excluding hydrogens is 190 g/mol. The molecule has 0 radical (unpaired) electrons. The summed E-state index contributed by atoms with van der Waals surface area (Å²) in [5.74, 6) is 0.533. The maximum Gasteiger partial charge on any atom is 0.245 e. The van der Waals surface area contributed by atoms with Crippen LogP contribution in [-0.4, -0.2) is 35.3 Å². The van der Waals surface area contributed by atoms with Gasteiger partial charge < -0.3 is 10.2 Å². The quantitative estimate of drug-likeness (QED) is 0.467. The standard InChI is InChI=1S/C11H21N3O/c1-10(2,3)8(12)14-7-6-13-9(15)11(14,4)5/h12H,6-7H2,1-5H3,(H,13,15). The third-order valence-corrected chi connectivity index (χ3v) is 2.83. The van der Waals surface area contributed by atoms with Crippen molar-refractivity contribution in [3.8, 4) is 0 Å². The molecule has 0 aromatic carbocycles. The van der Waals surface area contributed by atoms with Gasteiger partial charge in [-0.05, 0) is 13.8 Å². The molecule has 0 aromatic rings. The van der Waals surface area contributed by atoms with Gasteiger partial charge in [-0.2, -0.15) is 0 Å². The number of nitrogens with one attached hydrogen (secondary N) is 2.